The lowest BCUT2D eigenvalue weighted by atomic mass is 9.81. The summed E-state index contributed by atoms with van der Waals surface area (Å²) in [6.07, 6.45) is 1.61. The molecule has 6 heteroatoms. The van der Waals surface area contributed by atoms with Gasteiger partial charge < -0.3 is 9.64 Å². The summed E-state index contributed by atoms with van der Waals surface area (Å²) in [5.41, 5.74) is 2.43. The van der Waals surface area contributed by atoms with Gasteiger partial charge in [0, 0.05) is 41.0 Å². The van der Waals surface area contributed by atoms with E-state index in [4.69, 9.17) is 16.3 Å². The van der Waals surface area contributed by atoms with Crippen molar-refractivity contribution in [2.24, 2.45) is 0 Å². The molecular weight excluding hydrogens is 442 g/mol. The molecule has 1 saturated heterocycles. The Morgan fingerprint density at radius 1 is 1.21 bits per heavy atom. The van der Waals surface area contributed by atoms with Gasteiger partial charge in [0.15, 0.2) is 5.78 Å². The largest absolute Gasteiger partial charge is 0.486 e. The minimum atomic E-state index is -0.537. The molecule has 0 atom stereocenters. The van der Waals surface area contributed by atoms with Crippen molar-refractivity contribution in [1.29, 1.82) is 0 Å². The maximum absolute atomic E-state index is 12.9. The fourth-order valence-corrected chi connectivity index (χ4v) is 4.75. The molecule has 0 aliphatic carbocycles. The zero-order valence-electron chi connectivity index (χ0n) is 15.9. The van der Waals surface area contributed by atoms with E-state index in [-0.39, 0.29) is 11.7 Å². The van der Waals surface area contributed by atoms with Gasteiger partial charge in [-0.1, -0.05) is 33.6 Å². The summed E-state index contributed by atoms with van der Waals surface area (Å²) in [5, 5.41) is 0.626. The number of amides is 1. The summed E-state index contributed by atoms with van der Waals surface area (Å²) in [7, 11) is 0. The van der Waals surface area contributed by atoms with Crippen LogP contribution in [-0.4, -0.2) is 35.3 Å². The van der Waals surface area contributed by atoms with E-state index in [9.17, 15) is 9.59 Å². The molecule has 1 amide bonds. The quantitative estimate of drug-likeness (QED) is 0.573. The highest BCUT2D eigenvalue weighted by Crippen LogP contribution is 2.43. The second-order valence-electron chi connectivity index (χ2n) is 7.69. The number of likely N-dealkylation sites (tertiary alicyclic amines) is 1. The van der Waals surface area contributed by atoms with Crippen molar-refractivity contribution in [1.82, 2.24) is 4.90 Å². The number of ether oxygens (including phenoxy) is 1. The highest BCUT2D eigenvalue weighted by molar-refractivity contribution is 9.10. The van der Waals surface area contributed by atoms with E-state index >= 15 is 0 Å². The predicted molar refractivity (Wildman–Crippen MR) is 113 cm³/mol. The first-order valence-electron chi connectivity index (χ1n) is 9.36. The molecule has 0 N–H and O–H groups in total. The summed E-state index contributed by atoms with van der Waals surface area (Å²) in [6, 6.07) is 9.28. The van der Waals surface area contributed by atoms with Crippen LogP contribution in [0.1, 0.15) is 51.1 Å². The first kappa shape index (κ1) is 19.5. The Balaban J connectivity index is 1.53. The molecule has 2 aliphatic heterocycles. The molecule has 0 unspecified atom stereocenters. The molecule has 146 valence electrons. The molecule has 0 radical (unpaired) electrons. The second-order valence-corrected chi connectivity index (χ2v) is 8.99. The van der Waals surface area contributed by atoms with Crippen molar-refractivity contribution >= 4 is 39.2 Å². The third-order valence-corrected chi connectivity index (χ3v) is 6.84. The minimum Gasteiger partial charge on any atom is -0.486 e. The molecule has 0 aromatic heterocycles. The smallest absolute Gasteiger partial charge is 0.253 e. The van der Waals surface area contributed by atoms with Crippen LogP contribution in [0.3, 0.4) is 0 Å². The molecule has 4 rings (SSSR count). The summed E-state index contributed by atoms with van der Waals surface area (Å²) in [4.78, 5) is 27.5. The van der Waals surface area contributed by atoms with Gasteiger partial charge in [-0.3, -0.25) is 9.59 Å². The first-order valence-corrected chi connectivity index (χ1v) is 10.5. The number of hydrogen-bond acceptors (Lipinski definition) is 3. The molecule has 1 spiro atoms. The van der Waals surface area contributed by atoms with Gasteiger partial charge in [-0.05, 0) is 49.2 Å². The first-order chi connectivity index (χ1) is 13.3. The van der Waals surface area contributed by atoms with Crippen LogP contribution in [-0.2, 0) is 0 Å². The van der Waals surface area contributed by atoms with Crippen molar-refractivity contribution in [3.63, 3.8) is 0 Å². The van der Waals surface area contributed by atoms with Gasteiger partial charge in [0.2, 0.25) is 0 Å². The number of rotatable bonds is 1. The van der Waals surface area contributed by atoms with E-state index < -0.39 is 5.60 Å². The number of halogens is 2. The lowest BCUT2D eigenvalue weighted by molar-refractivity contribution is -0.00581. The minimum absolute atomic E-state index is 0.0113. The van der Waals surface area contributed by atoms with E-state index in [1.165, 1.54) is 0 Å². The van der Waals surface area contributed by atoms with E-state index in [0.29, 0.717) is 54.3 Å². The van der Waals surface area contributed by atoms with Crippen molar-refractivity contribution in [2.75, 3.05) is 13.1 Å². The molecule has 0 bridgehead atoms. The zero-order chi connectivity index (χ0) is 20.1. The van der Waals surface area contributed by atoms with Gasteiger partial charge in [0.25, 0.3) is 5.91 Å². The predicted octanol–water partition coefficient (Wildman–Crippen LogP) is 5.36. The molecular formula is C22H21BrClNO3. The standard InChI is InChI=1S/C22H21BrClNO3/c1-13-10-18-19(14(2)20(13)24)17(26)12-22(28-18)6-8-25(9-7-22)21(27)15-4-3-5-16(23)11-15/h3-5,10-11H,6-9,12H2,1-2H3. The number of hydrogen-bond donors (Lipinski definition) is 0. The number of carbonyl (C=O) groups is 2. The molecule has 1 fully saturated rings. The summed E-state index contributed by atoms with van der Waals surface area (Å²) in [6.45, 7) is 4.93. The molecule has 2 aliphatic rings. The third kappa shape index (κ3) is 3.35. The Bertz CT molecular complexity index is 980. The fourth-order valence-electron chi connectivity index (χ4n) is 4.20. The van der Waals surface area contributed by atoms with Crippen molar-refractivity contribution in [3.8, 4) is 5.75 Å². The SMILES string of the molecule is Cc1cc2c(c(C)c1Cl)C(=O)CC1(CCN(C(=O)c3cccc(Br)c3)CC1)O2. The Morgan fingerprint density at radius 3 is 2.61 bits per heavy atom. The Labute approximate surface area is 177 Å². The number of Topliss-reactive ketones (excluding diaryl/α,β-unsaturated/α-hetero) is 1. The molecule has 0 saturated carbocycles. The zero-order valence-corrected chi connectivity index (χ0v) is 18.2. The van der Waals surface area contributed by atoms with Crippen LogP contribution in [0, 0.1) is 13.8 Å². The summed E-state index contributed by atoms with van der Waals surface area (Å²) < 4.78 is 7.26. The van der Waals surface area contributed by atoms with Gasteiger partial charge in [0.05, 0.1) is 12.0 Å². The van der Waals surface area contributed by atoms with E-state index in [2.05, 4.69) is 15.9 Å². The second kappa shape index (κ2) is 7.20. The van der Waals surface area contributed by atoms with Crippen LogP contribution in [0.2, 0.25) is 5.02 Å². The number of benzene rings is 2. The average Bonchev–Trinajstić information content (AvgIpc) is 2.66. The topological polar surface area (TPSA) is 46.6 Å². The van der Waals surface area contributed by atoms with Crippen molar-refractivity contribution in [2.45, 2.75) is 38.7 Å². The van der Waals surface area contributed by atoms with E-state index in [1.54, 1.807) is 0 Å². The van der Waals surface area contributed by atoms with Gasteiger partial charge in [-0.25, -0.2) is 0 Å². The van der Waals surface area contributed by atoms with Crippen LogP contribution in [0.4, 0.5) is 0 Å². The highest BCUT2D eigenvalue weighted by Gasteiger charge is 2.44. The van der Waals surface area contributed by atoms with Gasteiger partial charge in [0.1, 0.15) is 11.4 Å². The lowest BCUT2D eigenvalue weighted by Crippen LogP contribution is -2.52. The van der Waals surface area contributed by atoms with Crippen LogP contribution in [0.15, 0.2) is 34.8 Å². The van der Waals surface area contributed by atoms with Gasteiger partial charge >= 0.3 is 0 Å². The van der Waals surface area contributed by atoms with Crippen LogP contribution in [0.5, 0.6) is 5.75 Å². The number of carbonyl (C=O) groups excluding carboxylic acids is 2. The average molecular weight is 463 g/mol. The Kier molecular flexibility index (Phi) is 5.00. The van der Waals surface area contributed by atoms with Crippen LogP contribution < -0.4 is 4.74 Å². The van der Waals surface area contributed by atoms with Crippen LogP contribution >= 0.6 is 27.5 Å². The molecule has 2 heterocycles. The number of aryl methyl sites for hydroxylation is 1. The molecule has 4 nitrogen and oxygen atoms in total. The lowest BCUT2D eigenvalue weighted by Gasteiger charge is -2.44. The van der Waals surface area contributed by atoms with Crippen LogP contribution in [0.25, 0.3) is 0 Å². The number of piperidine rings is 1. The Hall–Kier alpha value is -1.85. The van der Waals surface area contributed by atoms with Gasteiger partial charge in [-0.2, -0.15) is 0 Å². The number of ketones is 1. The molecule has 28 heavy (non-hydrogen) atoms. The fraction of sp³-hybridized carbons (Fsp3) is 0.364. The normalized spacial score (nSPS) is 18.0. The van der Waals surface area contributed by atoms with E-state index in [1.807, 2.05) is 49.1 Å². The molecule has 2 aromatic carbocycles. The number of nitrogens with zero attached hydrogens (tertiary/aromatic N) is 1. The third-order valence-electron chi connectivity index (χ3n) is 5.77. The van der Waals surface area contributed by atoms with Crippen molar-refractivity contribution < 1.29 is 14.3 Å². The monoisotopic (exact) mass is 461 g/mol. The molecule has 2 aromatic rings. The van der Waals surface area contributed by atoms with Crippen molar-refractivity contribution in [3.05, 3.63) is 62.1 Å². The maximum atomic E-state index is 12.9. The summed E-state index contributed by atoms with van der Waals surface area (Å²) in [5.74, 6) is 0.715. The maximum Gasteiger partial charge on any atom is 0.253 e. The Morgan fingerprint density at radius 2 is 1.93 bits per heavy atom. The van der Waals surface area contributed by atoms with Gasteiger partial charge in [-0.15, -0.1) is 0 Å². The summed E-state index contributed by atoms with van der Waals surface area (Å²) >= 11 is 9.74. The van der Waals surface area contributed by atoms with E-state index in [0.717, 1.165) is 15.6 Å². The highest BCUT2D eigenvalue weighted by atomic mass is 79.9. The number of fused-ring (bicyclic) bond motifs is 1.